The molecule has 0 bridgehead atoms. The van der Waals surface area contributed by atoms with Crippen LogP contribution in [0.3, 0.4) is 0 Å². The topological polar surface area (TPSA) is 72.2 Å². The zero-order chi connectivity index (χ0) is 13.4. The van der Waals surface area contributed by atoms with E-state index < -0.39 is 0 Å². The molecule has 1 amide bonds. The molecule has 0 unspecified atom stereocenters. The van der Waals surface area contributed by atoms with Crippen molar-refractivity contribution in [3.8, 4) is 12.1 Å². The number of carbonyl (C=O) groups is 1. The van der Waals surface area contributed by atoms with Gasteiger partial charge in [0.2, 0.25) is 6.41 Å². The maximum atomic E-state index is 11.1. The van der Waals surface area contributed by atoms with Crippen molar-refractivity contribution in [2.24, 2.45) is 0 Å². The van der Waals surface area contributed by atoms with Crippen LogP contribution in [-0.4, -0.2) is 6.41 Å². The van der Waals surface area contributed by atoms with E-state index in [2.05, 4.69) is 4.85 Å². The zero-order valence-electron chi connectivity index (χ0n) is 9.37. The van der Waals surface area contributed by atoms with E-state index in [1.54, 1.807) is 36.4 Å². The third kappa shape index (κ3) is 2.72. The van der Waals surface area contributed by atoms with Crippen molar-refractivity contribution in [2.45, 2.75) is 6.42 Å². The molecule has 0 heterocycles. The van der Waals surface area contributed by atoms with Gasteiger partial charge in [-0.1, -0.05) is 18.2 Å². The first-order chi connectivity index (χ1) is 8.78. The third-order valence-electron chi connectivity index (χ3n) is 2.17. The number of amides is 1. The minimum Gasteiger partial charge on any atom is -0.296 e. The second-order valence-corrected chi connectivity index (χ2v) is 3.16. The van der Waals surface area contributed by atoms with Crippen LogP contribution < -0.4 is 4.90 Å². The molecule has 0 fully saturated rings. The van der Waals surface area contributed by atoms with Gasteiger partial charge in [-0.05, 0) is 12.1 Å². The normalized spacial score (nSPS) is 10.3. The van der Waals surface area contributed by atoms with Crippen molar-refractivity contribution in [1.82, 2.24) is 0 Å². The van der Waals surface area contributed by atoms with Gasteiger partial charge in [0.1, 0.15) is 0 Å². The summed E-state index contributed by atoms with van der Waals surface area (Å²) in [6.07, 6.45) is 0.309. The van der Waals surface area contributed by atoms with E-state index in [0.717, 1.165) is 4.90 Å². The van der Waals surface area contributed by atoms with Crippen LogP contribution in [0.2, 0.25) is 0 Å². The number of anilines is 1. The van der Waals surface area contributed by atoms with Gasteiger partial charge >= 0.3 is 0 Å². The molecule has 86 valence electrons. The average Bonchev–Trinajstić information content (AvgIpc) is 2.42. The van der Waals surface area contributed by atoms with Crippen LogP contribution in [-0.2, 0) is 4.79 Å². The van der Waals surface area contributed by atoms with E-state index in [9.17, 15) is 4.79 Å². The lowest BCUT2D eigenvalue weighted by Crippen LogP contribution is -2.21. The molecule has 0 saturated heterocycles. The average molecular weight is 236 g/mol. The molecule has 18 heavy (non-hydrogen) atoms. The number of rotatable bonds is 4. The van der Waals surface area contributed by atoms with E-state index in [0.29, 0.717) is 12.1 Å². The SMILES string of the molecule is [C-]#[N+]/C(C#N)=C(/CC#N)N(C=O)c1ccccc1. The number of hydrogen-bond acceptors (Lipinski definition) is 3. The monoisotopic (exact) mass is 236 g/mol. The summed E-state index contributed by atoms with van der Waals surface area (Å²) >= 11 is 0. The van der Waals surface area contributed by atoms with Gasteiger partial charge in [0.15, 0.2) is 0 Å². The van der Waals surface area contributed by atoms with Crippen molar-refractivity contribution in [1.29, 1.82) is 10.5 Å². The summed E-state index contributed by atoms with van der Waals surface area (Å²) in [7, 11) is 0. The number of para-hydroxylation sites is 1. The van der Waals surface area contributed by atoms with Gasteiger partial charge in [0, 0.05) is 5.69 Å². The predicted molar refractivity (Wildman–Crippen MR) is 64.5 cm³/mol. The standard InChI is InChI=1S/C13H8N4O/c1-16-12(9-15)13(7-8-14)17(10-18)11-5-3-2-4-6-11/h2-6,10H,7H2/b13-12-. The molecule has 1 aromatic carbocycles. The Morgan fingerprint density at radius 1 is 1.39 bits per heavy atom. The molecular formula is C13H8N4O. The quantitative estimate of drug-likeness (QED) is 0.457. The summed E-state index contributed by atoms with van der Waals surface area (Å²) < 4.78 is 0. The Morgan fingerprint density at radius 3 is 2.50 bits per heavy atom. The number of hydrogen-bond donors (Lipinski definition) is 0. The Kier molecular flexibility index (Phi) is 4.66. The smallest absolute Gasteiger partial charge is 0.282 e. The maximum Gasteiger partial charge on any atom is 0.282 e. The molecule has 1 aromatic rings. The number of nitrogens with zero attached hydrogens (tertiary/aromatic N) is 4. The summed E-state index contributed by atoms with van der Waals surface area (Å²) in [4.78, 5) is 15.3. The molecule has 5 nitrogen and oxygen atoms in total. The van der Waals surface area contributed by atoms with Gasteiger partial charge in [0.05, 0.1) is 30.8 Å². The van der Waals surface area contributed by atoms with Crippen molar-refractivity contribution in [3.05, 3.63) is 53.1 Å². The minimum absolute atomic E-state index is 0.0937. The fourth-order valence-electron chi connectivity index (χ4n) is 1.38. The fourth-order valence-corrected chi connectivity index (χ4v) is 1.38. The Morgan fingerprint density at radius 2 is 2.06 bits per heavy atom. The molecule has 0 N–H and O–H groups in total. The van der Waals surface area contributed by atoms with Gasteiger partial charge in [-0.2, -0.15) is 5.26 Å². The van der Waals surface area contributed by atoms with Crippen molar-refractivity contribution < 1.29 is 4.79 Å². The van der Waals surface area contributed by atoms with Crippen LogP contribution in [0, 0.1) is 29.2 Å². The van der Waals surface area contributed by atoms with Gasteiger partial charge in [-0.3, -0.25) is 9.69 Å². The Bertz CT molecular complexity index is 568. The van der Waals surface area contributed by atoms with E-state index in [-0.39, 0.29) is 17.8 Å². The summed E-state index contributed by atoms with van der Waals surface area (Å²) in [5, 5.41) is 17.6. The lowest BCUT2D eigenvalue weighted by atomic mass is 10.2. The highest BCUT2D eigenvalue weighted by Gasteiger charge is 2.16. The molecule has 0 aliphatic carbocycles. The molecule has 0 aliphatic rings. The molecule has 0 aliphatic heterocycles. The lowest BCUT2D eigenvalue weighted by molar-refractivity contribution is -0.107. The van der Waals surface area contributed by atoms with Crippen LogP contribution in [0.25, 0.3) is 4.85 Å². The number of allylic oxidation sites excluding steroid dienone is 2. The molecule has 0 aromatic heterocycles. The highest BCUT2D eigenvalue weighted by molar-refractivity contribution is 5.80. The van der Waals surface area contributed by atoms with Crippen LogP contribution >= 0.6 is 0 Å². The first-order valence-electron chi connectivity index (χ1n) is 4.95. The van der Waals surface area contributed by atoms with Crippen LogP contribution in [0.15, 0.2) is 41.7 Å². The highest BCUT2D eigenvalue weighted by Crippen LogP contribution is 2.22. The summed E-state index contributed by atoms with van der Waals surface area (Å²) in [5.41, 5.74) is 0.345. The van der Waals surface area contributed by atoms with E-state index in [1.165, 1.54) is 0 Å². The van der Waals surface area contributed by atoms with Gasteiger partial charge < -0.3 is 0 Å². The molecule has 0 atom stereocenters. The second kappa shape index (κ2) is 6.48. The van der Waals surface area contributed by atoms with Crippen LogP contribution in [0.1, 0.15) is 6.42 Å². The first kappa shape index (κ1) is 13.0. The van der Waals surface area contributed by atoms with Crippen molar-refractivity contribution in [3.63, 3.8) is 0 Å². The molecule has 1 rings (SSSR count). The Balaban J connectivity index is 3.34. The maximum absolute atomic E-state index is 11.1. The summed E-state index contributed by atoms with van der Waals surface area (Å²) in [6, 6.07) is 12.1. The highest BCUT2D eigenvalue weighted by atomic mass is 16.1. The Labute approximate surface area is 105 Å². The van der Waals surface area contributed by atoms with E-state index in [4.69, 9.17) is 17.1 Å². The summed E-state index contributed by atoms with van der Waals surface area (Å²) in [6.45, 7) is 6.89. The van der Waals surface area contributed by atoms with Crippen molar-refractivity contribution in [2.75, 3.05) is 4.90 Å². The minimum atomic E-state index is -0.257. The largest absolute Gasteiger partial charge is 0.296 e. The molecule has 0 radical (unpaired) electrons. The predicted octanol–water partition coefficient (Wildman–Crippen LogP) is 2.22. The Hall–Kier alpha value is -3.10. The molecular weight excluding hydrogens is 228 g/mol. The van der Waals surface area contributed by atoms with Crippen LogP contribution in [0.4, 0.5) is 5.69 Å². The fraction of sp³-hybridized carbons (Fsp3) is 0.0769. The second-order valence-electron chi connectivity index (χ2n) is 3.16. The zero-order valence-corrected chi connectivity index (χ0v) is 9.37. The number of nitriles is 2. The molecule has 0 saturated carbocycles. The molecule has 0 spiro atoms. The van der Waals surface area contributed by atoms with E-state index in [1.807, 2.05) is 6.07 Å². The van der Waals surface area contributed by atoms with Gasteiger partial charge in [-0.15, -0.1) is 0 Å². The lowest BCUT2D eigenvalue weighted by Gasteiger charge is -2.19. The third-order valence-corrected chi connectivity index (χ3v) is 2.17. The first-order valence-corrected chi connectivity index (χ1v) is 4.95. The van der Waals surface area contributed by atoms with Crippen LogP contribution in [0.5, 0.6) is 0 Å². The van der Waals surface area contributed by atoms with Gasteiger partial charge in [-0.25, -0.2) is 10.1 Å². The van der Waals surface area contributed by atoms with Gasteiger partial charge in [0.25, 0.3) is 5.70 Å². The number of benzene rings is 1. The van der Waals surface area contributed by atoms with E-state index >= 15 is 0 Å². The number of carbonyl (C=O) groups excluding carboxylic acids is 1. The molecule has 5 heteroatoms. The summed E-state index contributed by atoms with van der Waals surface area (Å²) in [5.74, 6) is 0. The van der Waals surface area contributed by atoms with Crippen molar-refractivity contribution >= 4 is 12.1 Å².